The van der Waals surface area contributed by atoms with Crippen LogP contribution in [0.4, 0.5) is 19.0 Å². The summed E-state index contributed by atoms with van der Waals surface area (Å²) in [5, 5.41) is 3.38. The van der Waals surface area contributed by atoms with Gasteiger partial charge >= 0.3 is 6.18 Å². The second-order valence-corrected chi connectivity index (χ2v) is 8.02. The maximum absolute atomic E-state index is 13.0. The molecule has 1 N–H and O–H groups in total. The first-order valence-electron chi connectivity index (χ1n) is 10.9. The van der Waals surface area contributed by atoms with Crippen LogP contribution < -0.4 is 5.32 Å². The Hall–Kier alpha value is -2.04. The van der Waals surface area contributed by atoms with Crippen molar-refractivity contribution in [1.82, 2.24) is 4.98 Å². The Morgan fingerprint density at radius 1 is 1.07 bits per heavy atom. The number of hydrogen-bond donors (Lipinski definition) is 1. The third-order valence-electron chi connectivity index (χ3n) is 5.87. The number of unbranched alkanes of at least 4 members (excludes halogenated alkanes) is 3. The van der Waals surface area contributed by atoms with Crippen molar-refractivity contribution in [2.75, 3.05) is 11.9 Å². The monoisotopic (exact) mass is 404 g/mol. The molecular formula is C24H31F3N2. The molecule has 29 heavy (non-hydrogen) atoms. The van der Waals surface area contributed by atoms with Crippen molar-refractivity contribution >= 4 is 5.82 Å². The van der Waals surface area contributed by atoms with Crippen molar-refractivity contribution in [3.8, 4) is 0 Å². The Labute approximate surface area is 171 Å². The zero-order valence-corrected chi connectivity index (χ0v) is 17.2. The van der Waals surface area contributed by atoms with Crippen molar-refractivity contribution in [1.29, 1.82) is 0 Å². The van der Waals surface area contributed by atoms with Crippen LogP contribution in [0, 0.1) is 0 Å². The minimum absolute atomic E-state index is 0.200. The van der Waals surface area contributed by atoms with E-state index in [9.17, 15) is 13.2 Å². The number of anilines is 1. The highest BCUT2D eigenvalue weighted by Crippen LogP contribution is 2.33. The molecule has 0 amide bonds. The minimum Gasteiger partial charge on any atom is -0.370 e. The van der Waals surface area contributed by atoms with Crippen LogP contribution in [0.2, 0.25) is 0 Å². The number of rotatable bonds is 9. The van der Waals surface area contributed by atoms with Crippen molar-refractivity contribution in [3.63, 3.8) is 0 Å². The largest absolute Gasteiger partial charge is 0.416 e. The molecule has 2 heterocycles. The first kappa shape index (κ1) is 21.7. The number of benzene rings is 1. The number of halogens is 3. The average Bonchev–Trinajstić information content (AvgIpc) is 2.72. The van der Waals surface area contributed by atoms with Gasteiger partial charge in [0.1, 0.15) is 5.82 Å². The topological polar surface area (TPSA) is 24.9 Å². The van der Waals surface area contributed by atoms with E-state index in [2.05, 4.69) is 24.4 Å². The van der Waals surface area contributed by atoms with Gasteiger partial charge in [0, 0.05) is 12.2 Å². The lowest BCUT2D eigenvalue weighted by molar-refractivity contribution is -0.137. The standard InChI is InChI=1S/C24H31F3N2/c1-2-18(20-10-7-12-21(17-20)24(25,26)27)9-5-3-4-6-13-22-15-14-19-11-8-16-28-23(19)29-22/h7,10,12,14-15,17-18H,2-6,8-9,11,13,16H2,1H3,(H,28,29). The average molecular weight is 405 g/mol. The Morgan fingerprint density at radius 2 is 1.90 bits per heavy atom. The first-order chi connectivity index (χ1) is 14.0. The summed E-state index contributed by atoms with van der Waals surface area (Å²) >= 11 is 0. The van der Waals surface area contributed by atoms with Crippen molar-refractivity contribution in [3.05, 3.63) is 58.8 Å². The molecule has 0 saturated carbocycles. The van der Waals surface area contributed by atoms with Crippen molar-refractivity contribution < 1.29 is 13.2 Å². The molecule has 3 rings (SSSR count). The molecule has 1 aromatic heterocycles. The van der Waals surface area contributed by atoms with E-state index < -0.39 is 11.7 Å². The van der Waals surface area contributed by atoms with E-state index in [1.165, 1.54) is 24.1 Å². The molecule has 0 bridgehead atoms. The lowest BCUT2D eigenvalue weighted by Crippen LogP contribution is -2.13. The maximum atomic E-state index is 13.0. The second kappa shape index (κ2) is 10.1. The van der Waals surface area contributed by atoms with Crippen LogP contribution in [0.25, 0.3) is 0 Å². The Morgan fingerprint density at radius 3 is 2.69 bits per heavy atom. The fourth-order valence-corrected chi connectivity index (χ4v) is 4.13. The van der Waals surface area contributed by atoms with E-state index in [4.69, 9.17) is 4.98 Å². The van der Waals surface area contributed by atoms with Gasteiger partial charge in [0.2, 0.25) is 0 Å². The summed E-state index contributed by atoms with van der Waals surface area (Å²) in [6.45, 7) is 3.06. The molecule has 0 aliphatic carbocycles. The highest BCUT2D eigenvalue weighted by molar-refractivity contribution is 5.47. The number of aromatic nitrogens is 1. The Bertz CT molecular complexity index is 786. The molecule has 1 aliphatic heterocycles. The van der Waals surface area contributed by atoms with Crippen LogP contribution in [-0.2, 0) is 19.0 Å². The number of aryl methyl sites for hydroxylation is 2. The number of pyridine rings is 1. The van der Waals surface area contributed by atoms with Gasteiger partial charge in [-0.1, -0.05) is 50.5 Å². The van der Waals surface area contributed by atoms with Crippen LogP contribution in [-0.4, -0.2) is 11.5 Å². The summed E-state index contributed by atoms with van der Waals surface area (Å²) in [6, 6.07) is 10.2. The number of nitrogens with zero attached hydrogens (tertiary/aromatic N) is 1. The van der Waals surface area contributed by atoms with Crippen LogP contribution >= 0.6 is 0 Å². The van der Waals surface area contributed by atoms with Crippen LogP contribution in [0.1, 0.15) is 80.2 Å². The van der Waals surface area contributed by atoms with Crippen LogP contribution in [0.5, 0.6) is 0 Å². The summed E-state index contributed by atoms with van der Waals surface area (Å²) in [5.41, 5.74) is 2.74. The van der Waals surface area contributed by atoms with Gasteiger partial charge in [-0.25, -0.2) is 4.98 Å². The molecule has 1 aromatic carbocycles. The molecule has 1 atom stereocenters. The third kappa shape index (κ3) is 6.22. The fourth-order valence-electron chi connectivity index (χ4n) is 4.13. The van der Waals surface area contributed by atoms with Gasteiger partial charge in [-0.15, -0.1) is 0 Å². The Balaban J connectivity index is 1.40. The molecule has 0 saturated heterocycles. The molecule has 1 unspecified atom stereocenters. The first-order valence-corrected chi connectivity index (χ1v) is 10.9. The number of nitrogens with one attached hydrogen (secondary N) is 1. The van der Waals surface area contributed by atoms with Crippen LogP contribution in [0.3, 0.4) is 0 Å². The summed E-state index contributed by atoms with van der Waals surface area (Å²) in [4.78, 5) is 4.74. The lowest BCUT2D eigenvalue weighted by Gasteiger charge is -2.18. The summed E-state index contributed by atoms with van der Waals surface area (Å²) in [7, 11) is 0. The Kier molecular flexibility index (Phi) is 7.57. The maximum Gasteiger partial charge on any atom is 0.416 e. The molecule has 2 aromatic rings. The summed E-state index contributed by atoms with van der Waals surface area (Å²) < 4.78 is 38.9. The van der Waals surface area contributed by atoms with Gasteiger partial charge in [0.05, 0.1) is 5.56 Å². The van der Waals surface area contributed by atoms with Gasteiger partial charge < -0.3 is 5.32 Å². The lowest BCUT2D eigenvalue weighted by atomic mass is 9.89. The van der Waals surface area contributed by atoms with Crippen molar-refractivity contribution in [2.45, 2.75) is 76.8 Å². The smallest absolute Gasteiger partial charge is 0.370 e. The predicted octanol–water partition coefficient (Wildman–Crippen LogP) is 7.15. The van der Waals surface area contributed by atoms with Gasteiger partial charge in [-0.3, -0.25) is 0 Å². The van der Waals surface area contributed by atoms with E-state index in [-0.39, 0.29) is 5.92 Å². The highest BCUT2D eigenvalue weighted by Gasteiger charge is 2.30. The third-order valence-corrected chi connectivity index (χ3v) is 5.87. The van der Waals surface area contributed by atoms with Crippen LogP contribution in [0.15, 0.2) is 36.4 Å². The summed E-state index contributed by atoms with van der Waals surface area (Å²) in [6.07, 6.45) is 5.21. The van der Waals surface area contributed by atoms with E-state index in [0.717, 1.165) is 81.1 Å². The zero-order chi connectivity index (χ0) is 20.7. The molecular weight excluding hydrogens is 373 g/mol. The number of alkyl halides is 3. The normalized spacial score (nSPS) is 14.9. The molecule has 0 radical (unpaired) electrons. The molecule has 5 heteroatoms. The predicted molar refractivity (Wildman–Crippen MR) is 112 cm³/mol. The molecule has 0 fully saturated rings. The van der Waals surface area contributed by atoms with Gasteiger partial charge in [0.15, 0.2) is 0 Å². The zero-order valence-electron chi connectivity index (χ0n) is 17.2. The highest BCUT2D eigenvalue weighted by atomic mass is 19.4. The van der Waals surface area contributed by atoms with E-state index in [1.807, 2.05) is 6.07 Å². The summed E-state index contributed by atoms with van der Waals surface area (Å²) in [5.74, 6) is 1.26. The van der Waals surface area contributed by atoms with E-state index >= 15 is 0 Å². The quantitative estimate of drug-likeness (QED) is 0.449. The van der Waals surface area contributed by atoms with E-state index in [0.29, 0.717) is 0 Å². The number of fused-ring (bicyclic) bond motifs is 1. The van der Waals surface area contributed by atoms with E-state index in [1.54, 1.807) is 0 Å². The van der Waals surface area contributed by atoms with Gasteiger partial charge in [0.25, 0.3) is 0 Å². The minimum atomic E-state index is -4.27. The molecule has 1 aliphatic rings. The molecule has 0 spiro atoms. The fraction of sp³-hybridized carbons (Fsp3) is 0.542. The second-order valence-electron chi connectivity index (χ2n) is 8.02. The number of hydrogen-bond acceptors (Lipinski definition) is 2. The van der Waals surface area contributed by atoms with Gasteiger partial charge in [-0.05, 0) is 67.7 Å². The SMILES string of the molecule is CCC(CCCCCCc1ccc2c(n1)NCCC2)c1cccc(C(F)(F)F)c1. The van der Waals surface area contributed by atoms with Gasteiger partial charge in [-0.2, -0.15) is 13.2 Å². The van der Waals surface area contributed by atoms with Crippen molar-refractivity contribution in [2.24, 2.45) is 0 Å². The molecule has 158 valence electrons. The molecule has 2 nitrogen and oxygen atoms in total.